The molecule has 7 heteroatoms. The first kappa shape index (κ1) is 21.8. The van der Waals surface area contributed by atoms with Crippen LogP contribution in [0.15, 0.2) is 18.2 Å². The van der Waals surface area contributed by atoms with Crippen LogP contribution in [0.3, 0.4) is 0 Å². The molecule has 0 spiro atoms. The molecule has 0 unspecified atom stereocenters. The van der Waals surface area contributed by atoms with Crippen LogP contribution < -0.4 is 14.8 Å². The highest BCUT2D eigenvalue weighted by Crippen LogP contribution is 2.36. The Hall–Kier alpha value is -2.21. The summed E-state index contributed by atoms with van der Waals surface area (Å²) < 4.78 is 10.4. The Morgan fingerprint density at radius 2 is 1.88 bits per heavy atom. The number of amides is 2. The fourth-order valence-electron chi connectivity index (χ4n) is 2.28. The summed E-state index contributed by atoms with van der Waals surface area (Å²) in [6.07, 6.45) is 3.03. The predicted molar refractivity (Wildman–Crippen MR) is 104 cm³/mol. The normalized spacial score (nSPS) is 11.3. The van der Waals surface area contributed by atoms with Crippen LogP contribution in [0.2, 0.25) is 5.02 Å². The summed E-state index contributed by atoms with van der Waals surface area (Å²) in [4.78, 5) is 25.9. The molecule has 0 aliphatic heterocycles. The molecule has 0 aliphatic rings. The van der Waals surface area contributed by atoms with Gasteiger partial charge in [0.15, 0.2) is 11.5 Å². The molecule has 0 saturated heterocycles. The minimum atomic E-state index is -0.341. The van der Waals surface area contributed by atoms with Gasteiger partial charge in [-0.25, -0.2) is 0 Å². The number of nitrogens with one attached hydrogen (secondary N) is 1. The van der Waals surface area contributed by atoms with Gasteiger partial charge in [-0.05, 0) is 51.5 Å². The number of benzene rings is 1. The van der Waals surface area contributed by atoms with Crippen LogP contribution in [-0.4, -0.2) is 49.6 Å². The monoisotopic (exact) mass is 382 g/mol. The number of hydrogen-bond acceptors (Lipinski definition) is 4. The van der Waals surface area contributed by atoms with Crippen molar-refractivity contribution in [3.8, 4) is 11.5 Å². The van der Waals surface area contributed by atoms with Gasteiger partial charge in [-0.3, -0.25) is 9.59 Å². The van der Waals surface area contributed by atoms with Crippen LogP contribution in [0.25, 0.3) is 6.08 Å². The third kappa shape index (κ3) is 6.59. The highest BCUT2D eigenvalue weighted by Gasteiger charge is 2.18. The molecule has 1 aromatic carbocycles. The van der Waals surface area contributed by atoms with Crippen LogP contribution >= 0.6 is 11.6 Å². The van der Waals surface area contributed by atoms with E-state index in [4.69, 9.17) is 21.1 Å². The van der Waals surface area contributed by atoms with Gasteiger partial charge in [-0.15, -0.1) is 0 Å². The average Bonchev–Trinajstić information content (AvgIpc) is 2.55. The van der Waals surface area contributed by atoms with E-state index >= 15 is 0 Å². The molecule has 1 N–H and O–H groups in total. The number of likely N-dealkylation sites (N-methyl/N-ethyl adjacent to an activating group) is 1. The summed E-state index contributed by atoms with van der Waals surface area (Å²) in [5.74, 6) is 0.452. The third-order valence-corrected chi connectivity index (χ3v) is 3.70. The molecule has 0 heterocycles. The van der Waals surface area contributed by atoms with Gasteiger partial charge in [0.05, 0.1) is 25.8 Å². The molecular weight excluding hydrogens is 356 g/mol. The van der Waals surface area contributed by atoms with Crippen LogP contribution in [0.4, 0.5) is 0 Å². The van der Waals surface area contributed by atoms with E-state index in [-0.39, 0.29) is 23.9 Å². The predicted octanol–water partition coefficient (Wildman–Crippen LogP) is 3.13. The van der Waals surface area contributed by atoms with Gasteiger partial charge in [0, 0.05) is 18.2 Å². The van der Waals surface area contributed by atoms with E-state index in [0.29, 0.717) is 28.6 Å². The third-order valence-electron chi connectivity index (χ3n) is 3.42. The quantitative estimate of drug-likeness (QED) is 0.735. The van der Waals surface area contributed by atoms with Crippen molar-refractivity contribution < 1.29 is 19.1 Å². The molecule has 1 aromatic rings. The molecule has 0 radical (unpaired) electrons. The maximum Gasteiger partial charge on any atom is 0.247 e. The number of carbonyl (C=O) groups is 2. The molecule has 0 atom stereocenters. The second-order valence-electron chi connectivity index (χ2n) is 6.72. The first-order chi connectivity index (χ1) is 12.1. The Kier molecular flexibility index (Phi) is 7.96. The number of ether oxygens (including phenoxy) is 2. The van der Waals surface area contributed by atoms with E-state index < -0.39 is 0 Å². The summed E-state index contributed by atoms with van der Waals surface area (Å²) in [5, 5.41) is 3.23. The number of hydrogen-bond donors (Lipinski definition) is 1. The molecule has 6 nitrogen and oxygen atoms in total. The largest absolute Gasteiger partial charge is 0.493 e. The molecule has 26 heavy (non-hydrogen) atoms. The van der Waals surface area contributed by atoms with Gasteiger partial charge >= 0.3 is 0 Å². The van der Waals surface area contributed by atoms with Crippen LogP contribution in [0, 0.1) is 0 Å². The lowest BCUT2D eigenvalue weighted by Gasteiger charge is -2.24. The summed E-state index contributed by atoms with van der Waals surface area (Å²) in [6, 6.07) is 3.40. The van der Waals surface area contributed by atoms with Gasteiger partial charge in [0.2, 0.25) is 11.8 Å². The minimum Gasteiger partial charge on any atom is -0.493 e. The lowest BCUT2D eigenvalue weighted by atomic mass is 10.1. The second-order valence-corrected chi connectivity index (χ2v) is 7.13. The minimum absolute atomic E-state index is 0.00360. The molecular formula is C19H27ClN2O4. The lowest BCUT2D eigenvalue weighted by molar-refractivity contribution is -0.132. The molecule has 0 saturated carbocycles. The van der Waals surface area contributed by atoms with Crippen molar-refractivity contribution in [1.82, 2.24) is 10.2 Å². The van der Waals surface area contributed by atoms with Crippen LogP contribution in [0.1, 0.15) is 33.3 Å². The maximum atomic E-state index is 12.4. The van der Waals surface area contributed by atoms with E-state index in [9.17, 15) is 9.59 Å². The zero-order chi connectivity index (χ0) is 19.9. The summed E-state index contributed by atoms with van der Waals surface area (Å²) in [5.41, 5.74) is 0.349. The smallest absolute Gasteiger partial charge is 0.247 e. The van der Waals surface area contributed by atoms with Crippen LogP contribution in [0.5, 0.6) is 11.5 Å². The molecule has 1 rings (SSSR count). The number of nitrogens with zero attached hydrogens (tertiary/aromatic N) is 1. The van der Waals surface area contributed by atoms with Crippen molar-refractivity contribution in [2.75, 3.05) is 27.3 Å². The van der Waals surface area contributed by atoms with Crippen molar-refractivity contribution in [3.63, 3.8) is 0 Å². The van der Waals surface area contributed by atoms with Crippen molar-refractivity contribution in [3.05, 3.63) is 28.8 Å². The van der Waals surface area contributed by atoms with Gasteiger partial charge in [0.1, 0.15) is 0 Å². The van der Waals surface area contributed by atoms with E-state index in [1.807, 2.05) is 27.7 Å². The van der Waals surface area contributed by atoms with Gasteiger partial charge in [0.25, 0.3) is 0 Å². The van der Waals surface area contributed by atoms with E-state index in [2.05, 4.69) is 5.32 Å². The first-order valence-corrected chi connectivity index (χ1v) is 8.68. The Morgan fingerprint density at radius 1 is 1.23 bits per heavy atom. The maximum absolute atomic E-state index is 12.4. The highest BCUT2D eigenvalue weighted by molar-refractivity contribution is 6.32. The van der Waals surface area contributed by atoms with E-state index in [0.717, 1.165) is 0 Å². The van der Waals surface area contributed by atoms with Crippen molar-refractivity contribution >= 4 is 29.5 Å². The number of rotatable bonds is 7. The Balaban J connectivity index is 2.87. The molecule has 0 aliphatic carbocycles. The summed E-state index contributed by atoms with van der Waals surface area (Å²) >= 11 is 6.16. The molecule has 0 aromatic heterocycles. The average molecular weight is 383 g/mol. The second kappa shape index (κ2) is 9.48. The SMILES string of the molecule is CCN(CC(=O)NC(C)(C)C)C(=O)/C=C/c1cc(Cl)c(OC)c(OC)c1. The Labute approximate surface area is 160 Å². The Bertz CT molecular complexity index is 681. The van der Waals surface area contributed by atoms with Gasteiger partial charge < -0.3 is 19.7 Å². The molecule has 0 bridgehead atoms. The Morgan fingerprint density at radius 3 is 2.38 bits per heavy atom. The van der Waals surface area contributed by atoms with Gasteiger partial charge in [-0.2, -0.15) is 0 Å². The lowest BCUT2D eigenvalue weighted by Crippen LogP contribution is -2.47. The summed E-state index contributed by atoms with van der Waals surface area (Å²) in [6.45, 7) is 7.93. The van der Waals surface area contributed by atoms with Crippen molar-refractivity contribution in [2.24, 2.45) is 0 Å². The number of methoxy groups -OCH3 is 2. The number of halogens is 1. The zero-order valence-corrected chi connectivity index (χ0v) is 16.9. The molecule has 144 valence electrons. The topological polar surface area (TPSA) is 67.9 Å². The zero-order valence-electron chi connectivity index (χ0n) is 16.2. The fraction of sp³-hybridized carbons (Fsp3) is 0.474. The van der Waals surface area contributed by atoms with Gasteiger partial charge in [-0.1, -0.05) is 11.6 Å². The van der Waals surface area contributed by atoms with Crippen LogP contribution in [-0.2, 0) is 9.59 Å². The first-order valence-electron chi connectivity index (χ1n) is 8.30. The van der Waals surface area contributed by atoms with Crippen molar-refractivity contribution in [1.29, 1.82) is 0 Å². The highest BCUT2D eigenvalue weighted by atomic mass is 35.5. The van der Waals surface area contributed by atoms with E-state index in [1.54, 1.807) is 18.2 Å². The molecule has 2 amide bonds. The standard InChI is InChI=1S/C19H27ClN2O4/c1-7-22(12-16(23)21-19(2,3)4)17(24)9-8-13-10-14(20)18(26-6)15(11-13)25-5/h8-11H,7,12H2,1-6H3,(H,21,23)/b9-8+. The summed E-state index contributed by atoms with van der Waals surface area (Å²) in [7, 11) is 3.02. The molecule has 0 fully saturated rings. The van der Waals surface area contributed by atoms with E-state index in [1.165, 1.54) is 25.2 Å². The van der Waals surface area contributed by atoms with Crippen molar-refractivity contribution in [2.45, 2.75) is 33.2 Å². The number of carbonyl (C=O) groups excluding carboxylic acids is 2. The fourth-order valence-corrected chi connectivity index (χ4v) is 2.58.